The van der Waals surface area contributed by atoms with Crippen LogP contribution < -0.4 is 10.9 Å². The number of anilines is 1. The summed E-state index contributed by atoms with van der Waals surface area (Å²) >= 11 is 6.82. The summed E-state index contributed by atoms with van der Waals surface area (Å²) < 4.78 is 7.37. The van der Waals surface area contributed by atoms with E-state index < -0.39 is 0 Å². The first-order valence-electron chi connectivity index (χ1n) is 13.2. The lowest BCUT2D eigenvalue weighted by molar-refractivity contribution is 0.195. The fourth-order valence-corrected chi connectivity index (χ4v) is 5.68. The van der Waals surface area contributed by atoms with Gasteiger partial charge in [0, 0.05) is 51.6 Å². The lowest BCUT2D eigenvalue weighted by atomic mass is 10.0. The highest BCUT2D eigenvalue weighted by Gasteiger charge is 2.25. The average Bonchev–Trinajstić information content (AvgIpc) is 3.42. The van der Waals surface area contributed by atoms with Gasteiger partial charge >= 0.3 is 0 Å². The molecular formula is C29H31ClN6O2. The van der Waals surface area contributed by atoms with Gasteiger partial charge in [0.05, 0.1) is 18.3 Å². The summed E-state index contributed by atoms with van der Waals surface area (Å²) in [6, 6.07) is 13.8. The molecule has 8 nitrogen and oxygen atoms in total. The highest BCUT2D eigenvalue weighted by Crippen LogP contribution is 2.33. The number of nitrogens with zero attached hydrogens (tertiary/aromatic N) is 5. The Kier molecular flexibility index (Phi) is 6.86. The van der Waals surface area contributed by atoms with Gasteiger partial charge in [-0.2, -0.15) is 4.98 Å². The number of piperidine rings is 1. The average molecular weight is 531 g/mol. The maximum Gasteiger partial charge on any atom is 0.260 e. The van der Waals surface area contributed by atoms with E-state index in [0.29, 0.717) is 34.4 Å². The second-order valence-corrected chi connectivity index (χ2v) is 10.7. The molecule has 2 aliphatic rings. The summed E-state index contributed by atoms with van der Waals surface area (Å²) in [6.07, 6.45) is 4.47. The number of halogens is 1. The van der Waals surface area contributed by atoms with Crippen LogP contribution in [0.4, 0.5) is 5.95 Å². The monoisotopic (exact) mass is 530 g/mol. The van der Waals surface area contributed by atoms with Gasteiger partial charge in [0.1, 0.15) is 5.65 Å². The minimum atomic E-state index is -0.0794. The van der Waals surface area contributed by atoms with Crippen LogP contribution in [0.25, 0.3) is 33.4 Å². The van der Waals surface area contributed by atoms with E-state index >= 15 is 0 Å². The maximum atomic E-state index is 14.1. The van der Waals surface area contributed by atoms with Crippen LogP contribution in [0.1, 0.15) is 31.0 Å². The molecule has 5 heterocycles. The minimum Gasteiger partial charge on any atom is -0.379 e. The number of hydrogen-bond acceptors (Lipinski definition) is 7. The van der Waals surface area contributed by atoms with Gasteiger partial charge in [0.15, 0.2) is 0 Å². The quantitative estimate of drug-likeness (QED) is 0.391. The van der Waals surface area contributed by atoms with Crippen molar-refractivity contribution in [1.29, 1.82) is 0 Å². The van der Waals surface area contributed by atoms with E-state index in [2.05, 4.69) is 27.2 Å². The Morgan fingerprint density at radius 3 is 2.63 bits per heavy atom. The molecule has 1 atom stereocenters. The number of aromatic nitrogens is 4. The third kappa shape index (κ3) is 4.91. The Hall–Kier alpha value is -3.33. The molecule has 0 saturated carbocycles. The second-order valence-electron chi connectivity index (χ2n) is 10.3. The van der Waals surface area contributed by atoms with E-state index in [1.54, 1.807) is 6.20 Å². The van der Waals surface area contributed by atoms with Crippen molar-refractivity contribution >= 4 is 28.6 Å². The molecule has 0 amide bonds. The van der Waals surface area contributed by atoms with Crippen LogP contribution in [-0.2, 0) is 4.74 Å². The third-order valence-electron chi connectivity index (χ3n) is 7.53. The normalized spacial score (nSPS) is 18.8. The van der Waals surface area contributed by atoms with Crippen molar-refractivity contribution in [3.63, 3.8) is 0 Å². The molecule has 2 fully saturated rings. The summed E-state index contributed by atoms with van der Waals surface area (Å²) in [5.74, 6) is 0.523. The standard InChI is InChI=1S/C29H31ClN6O2/c1-18-4-3-5-26(32-18)19-6-7-23(25(30)15-19)24-14-20-16-31-29(33-21-10-13-38-17-21)34-27(20)36(28(24)37)22-8-11-35(2)12-9-22/h3-7,14-16,21-22H,8-13,17H2,1-2H3,(H,31,33,34)/t21-/m1/s1. The molecule has 0 aliphatic carbocycles. The molecule has 4 aromatic rings. The second kappa shape index (κ2) is 10.4. The van der Waals surface area contributed by atoms with E-state index in [-0.39, 0.29) is 17.6 Å². The van der Waals surface area contributed by atoms with Crippen molar-refractivity contribution in [2.75, 3.05) is 38.7 Å². The summed E-state index contributed by atoms with van der Waals surface area (Å²) in [5.41, 5.74) is 4.52. The first kappa shape index (κ1) is 25.0. The molecule has 1 N–H and O–H groups in total. The van der Waals surface area contributed by atoms with Gasteiger partial charge < -0.3 is 15.0 Å². The van der Waals surface area contributed by atoms with E-state index in [9.17, 15) is 4.79 Å². The third-order valence-corrected chi connectivity index (χ3v) is 7.85. The van der Waals surface area contributed by atoms with Gasteiger partial charge in [-0.1, -0.05) is 29.8 Å². The number of likely N-dealkylation sites (tertiary alicyclic amines) is 1. The van der Waals surface area contributed by atoms with E-state index in [0.717, 1.165) is 61.3 Å². The van der Waals surface area contributed by atoms with Crippen LogP contribution in [0.5, 0.6) is 0 Å². The van der Waals surface area contributed by atoms with Crippen molar-refractivity contribution < 1.29 is 4.74 Å². The lowest BCUT2D eigenvalue weighted by Gasteiger charge is -2.31. The smallest absolute Gasteiger partial charge is 0.260 e. The highest BCUT2D eigenvalue weighted by atomic mass is 35.5. The molecule has 0 spiro atoms. The summed E-state index contributed by atoms with van der Waals surface area (Å²) in [5, 5.41) is 4.70. The van der Waals surface area contributed by atoms with Crippen molar-refractivity contribution in [2.24, 2.45) is 0 Å². The molecule has 1 aromatic carbocycles. The number of nitrogens with one attached hydrogen (secondary N) is 1. The van der Waals surface area contributed by atoms with Gasteiger partial charge in [-0.05, 0) is 70.6 Å². The largest absolute Gasteiger partial charge is 0.379 e. The molecule has 0 bridgehead atoms. The Labute approximate surface area is 226 Å². The SMILES string of the molecule is Cc1cccc(-c2ccc(-c3cc4cnc(N[C@@H]5CCOC5)nc4n(C4CCN(C)CC4)c3=O)c(Cl)c2)n1. The topological polar surface area (TPSA) is 85.2 Å². The fourth-order valence-electron chi connectivity index (χ4n) is 5.40. The van der Waals surface area contributed by atoms with Gasteiger partial charge in [0.25, 0.3) is 5.56 Å². The lowest BCUT2D eigenvalue weighted by Crippen LogP contribution is -2.36. The zero-order valence-corrected chi connectivity index (χ0v) is 22.4. The molecule has 196 valence electrons. The fraction of sp³-hybridized carbons (Fsp3) is 0.379. The Morgan fingerprint density at radius 2 is 1.89 bits per heavy atom. The number of aryl methyl sites for hydroxylation is 1. The molecule has 9 heteroatoms. The number of rotatable bonds is 5. The predicted molar refractivity (Wildman–Crippen MR) is 151 cm³/mol. The van der Waals surface area contributed by atoms with Crippen molar-refractivity contribution in [3.8, 4) is 22.4 Å². The van der Waals surface area contributed by atoms with Crippen LogP contribution in [-0.4, -0.2) is 63.8 Å². The Bertz CT molecular complexity index is 1540. The van der Waals surface area contributed by atoms with Crippen LogP contribution in [0.3, 0.4) is 0 Å². The van der Waals surface area contributed by atoms with E-state index in [4.69, 9.17) is 21.3 Å². The first-order valence-corrected chi connectivity index (χ1v) is 13.5. The molecular weight excluding hydrogens is 500 g/mol. The van der Waals surface area contributed by atoms with Gasteiger partial charge in [-0.25, -0.2) is 4.98 Å². The number of pyridine rings is 2. The van der Waals surface area contributed by atoms with Crippen molar-refractivity contribution in [2.45, 2.75) is 38.3 Å². The molecule has 6 rings (SSSR count). The van der Waals surface area contributed by atoms with Crippen LogP contribution in [0.15, 0.2) is 53.5 Å². The summed E-state index contributed by atoms with van der Waals surface area (Å²) in [7, 11) is 2.12. The van der Waals surface area contributed by atoms with E-state index in [1.165, 1.54) is 0 Å². The summed E-state index contributed by atoms with van der Waals surface area (Å²) in [4.78, 5) is 30.5. The molecule has 2 saturated heterocycles. The predicted octanol–water partition coefficient (Wildman–Crippen LogP) is 4.95. The Balaban J connectivity index is 1.46. The number of ether oxygens (including phenoxy) is 1. The highest BCUT2D eigenvalue weighted by molar-refractivity contribution is 6.33. The molecule has 3 aromatic heterocycles. The van der Waals surface area contributed by atoms with Gasteiger partial charge in [-0.15, -0.1) is 0 Å². The van der Waals surface area contributed by atoms with E-state index in [1.807, 2.05) is 54.0 Å². The molecule has 38 heavy (non-hydrogen) atoms. The summed E-state index contributed by atoms with van der Waals surface area (Å²) in [6.45, 7) is 5.18. The van der Waals surface area contributed by atoms with Crippen LogP contribution >= 0.6 is 11.6 Å². The van der Waals surface area contributed by atoms with Crippen LogP contribution in [0, 0.1) is 6.92 Å². The zero-order chi connectivity index (χ0) is 26.2. The Morgan fingerprint density at radius 1 is 1.05 bits per heavy atom. The minimum absolute atomic E-state index is 0.0493. The number of benzene rings is 1. The number of hydrogen-bond donors (Lipinski definition) is 1. The van der Waals surface area contributed by atoms with Gasteiger partial charge in [0.2, 0.25) is 5.95 Å². The maximum absolute atomic E-state index is 14.1. The van der Waals surface area contributed by atoms with Crippen molar-refractivity contribution in [1.82, 2.24) is 24.4 Å². The number of fused-ring (bicyclic) bond motifs is 1. The van der Waals surface area contributed by atoms with Gasteiger partial charge in [-0.3, -0.25) is 14.3 Å². The first-order chi connectivity index (χ1) is 18.5. The van der Waals surface area contributed by atoms with Crippen molar-refractivity contribution in [3.05, 3.63) is 69.7 Å². The molecule has 0 unspecified atom stereocenters. The van der Waals surface area contributed by atoms with Crippen LogP contribution in [0.2, 0.25) is 5.02 Å². The molecule has 0 radical (unpaired) electrons. The molecule has 2 aliphatic heterocycles. The zero-order valence-electron chi connectivity index (χ0n) is 21.7.